The molecule has 3 fully saturated rings. The van der Waals surface area contributed by atoms with Crippen LogP contribution >= 0.6 is 0 Å². The van der Waals surface area contributed by atoms with Crippen LogP contribution in [0.4, 0.5) is 5.82 Å². The number of aryl methyl sites for hydroxylation is 1. The van der Waals surface area contributed by atoms with E-state index in [0.29, 0.717) is 18.0 Å². The lowest BCUT2D eigenvalue weighted by atomic mass is 10.1. The molecule has 1 saturated carbocycles. The van der Waals surface area contributed by atoms with Crippen LogP contribution < -0.4 is 10.6 Å². The van der Waals surface area contributed by atoms with Gasteiger partial charge in [-0.25, -0.2) is 9.50 Å². The van der Waals surface area contributed by atoms with Crippen LogP contribution in [-0.4, -0.2) is 73.4 Å². The van der Waals surface area contributed by atoms with Gasteiger partial charge in [-0.15, -0.1) is 0 Å². The maximum Gasteiger partial charge on any atom is 0.255 e. The average Bonchev–Trinajstić information content (AvgIpc) is 3.62. The number of carbonyl (C=O) groups is 1. The molecule has 0 bridgehead atoms. The molecule has 1 amide bonds. The fraction of sp³-hybridized carbons (Fsp3) is 0.500. The molecular weight excluding hydrogens is 490 g/mol. The highest BCUT2D eigenvalue weighted by atomic mass is 16.3. The summed E-state index contributed by atoms with van der Waals surface area (Å²) in [5, 5.41) is 16.1. The first-order valence-corrected chi connectivity index (χ1v) is 14.4. The minimum atomic E-state index is -0.207. The fourth-order valence-corrected chi connectivity index (χ4v) is 6.25. The third-order valence-electron chi connectivity index (χ3n) is 8.77. The molecule has 3 N–H and O–H groups in total. The molecule has 6 heterocycles. The van der Waals surface area contributed by atoms with Crippen LogP contribution in [0.25, 0.3) is 27.9 Å². The number of likely N-dealkylation sites (tertiary alicyclic amines) is 1. The molecule has 1 atom stereocenters. The van der Waals surface area contributed by atoms with Crippen molar-refractivity contribution in [2.24, 2.45) is 11.7 Å². The molecule has 39 heavy (non-hydrogen) atoms. The lowest BCUT2D eigenvalue weighted by molar-refractivity contribution is 0.0708. The molecule has 7 rings (SSSR count). The Labute approximate surface area is 228 Å². The summed E-state index contributed by atoms with van der Waals surface area (Å²) in [7, 11) is 0. The van der Waals surface area contributed by atoms with E-state index in [1.807, 2.05) is 27.7 Å². The second-order valence-corrected chi connectivity index (χ2v) is 11.8. The smallest absolute Gasteiger partial charge is 0.255 e. The molecule has 1 aliphatic carbocycles. The van der Waals surface area contributed by atoms with Crippen molar-refractivity contribution in [1.29, 1.82) is 0 Å². The van der Waals surface area contributed by atoms with Crippen molar-refractivity contribution in [2.75, 3.05) is 31.1 Å². The number of nitrogens with two attached hydrogens (primary N) is 1. The fourth-order valence-electron chi connectivity index (χ4n) is 6.25. The highest BCUT2D eigenvalue weighted by molar-refractivity contribution is 5.95. The summed E-state index contributed by atoms with van der Waals surface area (Å²) >= 11 is 0. The lowest BCUT2D eigenvalue weighted by Crippen LogP contribution is -2.45. The van der Waals surface area contributed by atoms with E-state index in [4.69, 9.17) is 15.8 Å². The maximum atomic E-state index is 13.2. The van der Waals surface area contributed by atoms with Gasteiger partial charge in [0.2, 0.25) is 0 Å². The number of hydrogen-bond donors (Lipinski definition) is 2. The van der Waals surface area contributed by atoms with E-state index in [1.54, 1.807) is 0 Å². The van der Waals surface area contributed by atoms with E-state index in [-0.39, 0.29) is 18.1 Å². The molecule has 9 heteroatoms. The number of rotatable bonds is 5. The van der Waals surface area contributed by atoms with Crippen LogP contribution in [0.1, 0.15) is 54.4 Å². The van der Waals surface area contributed by atoms with Crippen LogP contribution in [0.15, 0.2) is 36.5 Å². The number of aliphatic hydroxyl groups excluding tert-OH is 1. The number of pyridine rings is 2. The van der Waals surface area contributed by atoms with Gasteiger partial charge >= 0.3 is 0 Å². The Kier molecular flexibility index (Phi) is 6.08. The standard InChI is InChI=1S/C30H37N7O2/c1-19-25-8-6-22(30(39)35-12-2-3-23(31)18-35)17-37(25)33-28(19)26-15-21-7-9-27(34-13-10-24(38)11-14-34)32-29(21)36(26)16-20-4-5-20/h6-9,15,17,20,23-24,38H,2-5,10-14,16,18,31H2,1H3. The maximum absolute atomic E-state index is 13.2. The number of aromatic nitrogens is 4. The second kappa shape index (κ2) is 9.64. The molecule has 9 nitrogen and oxygen atoms in total. The molecule has 2 saturated heterocycles. The van der Waals surface area contributed by atoms with Crippen molar-refractivity contribution in [3.05, 3.63) is 47.7 Å². The molecule has 3 aliphatic rings. The van der Waals surface area contributed by atoms with Crippen molar-refractivity contribution in [3.8, 4) is 11.4 Å². The Hall–Kier alpha value is -3.43. The minimum absolute atomic E-state index is 0.0200. The zero-order valence-corrected chi connectivity index (χ0v) is 22.6. The number of carbonyl (C=O) groups excluding carboxylic acids is 1. The number of amides is 1. The molecule has 0 spiro atoms. The predicted octanol–water partition coefficient (Wildman–Crippen LogP) is 3.59. The van der Waals surface area contributed by atoms with E-state index in [9.17, 15) is 9.90 Å². The van der Waals surface area contributed by atoms with Crippen molar-refractivity contribution in [1.82, 2.24) is 24.1 Å². The Morgan fingerprint density at radius 1 is 1.08 bits per heavy atom. The molecule has 2 aliphatic heterocycles. The lowest BCUT2D eigenvalue weighted by Gasteiger charge is -2.30. The Bertz CT molecular complexity index is 1540. The van der Waals surface area contributed by atoms with Crippen molar-refractivity contribution in [3.63, 3.8) is 0 Å². The number of aliphatic hydroxyl groups is 1. The summed E-state index contributed by atoms with van der Waals surface area (Å²) in [6.07, 6.45) is 7.63. The van der Waals surface area contributed by atoms with Gasteiger partial charge in [-0.05, 0) is 81.7 Å². The van der Waals surface area contributed by atoms with Crippen LogP contribution in [0, 0.1) is 12.8 Å². The third kappa shape index (κ3) is 4.57. The summed E-state index contributed by atoms with van der Waals surface area (Å²) in [5.41, 5.74) is 11.9. The predicted molar refractivity (Wildman–Crippen MR) is 152 cm³/mol. The largest absolute Gasteiger partial charge is 0.393 e. The number of anilines is 1. The highest BCUT2D eigenvalue weighted by Crippen LogP contribution is 2.37. The molecule has 204 valence electrons. The van der Waals surface area contributed by atoms with Gasteiger partial charge in [0.1, 0.15) is 17.2 Å². The minimum Gasteiger partial charge on any atom is -0.393 e. The molecular formula is C30H37N7O2. The van der Waals surface area contributed by atoms with Gasteiger partial charge in [-0.3, -0.25) is 4.79 Å². The summed E-state index contributed by atoms with van der Waals surface area (Å²) < 4.78 is 4.21. The Morgan fingerprint density at radius 2 is 1.90 bits per heavy atom. The number of fused-ring (bicyclic) bond motifs is 2. The van der Waals surface area contributed by atoms with Gasteiger partial charge in [0.15, 0.2) is 0 Å². The van der Waals surface area contributed by atoms with Gasteiger partial charge in [-0.1, -0.05) is 0 Å². The van der Waals surface area contributed by atoms with E-state index in [2.05, 4.69) is 34.6 Å². The average molecular weight is 528 g/mol. The van der Waals surface area contributed by atoms with Gasteiger partial charge in [0.25, 0.3) is 5.91 Å². The van der Waals surface area contributed by atoms with Crippen molar-refractivity contribution >= 4 is 28.3 Å². The van der Waals surface area contributed by atoms with Crippen LogP contribution in [0.5, 0.6) is 0 Å². The van der Waals surface area contributed by atoms with Gasteiger partial charge in [0.05, 0.1) is 22.9 Å². The summed E-state index contributed by atoms with van der Waals surface area (Å²) in [4.78, 5) is 22.5. The van der Waals surface area contributed by atoms with Crippen molar-refractivity contribution < 1.29 is 9.90 Å². The van der Waals surface area contributed by atoms with E-state index in [1.165, 1.54) is 12.8 Å². The zero-order valence-electron chi connectivity index (χ0n) is 22.6. The quantitative estimate of drug-likeness (QED) is 0.411. The molecule has 4 aromatic rings. The van der Waals surface area contributed by atoms with Gasteiger partial charge in [-0.2, -0.15) is 5.10 Å². The second-order valence-electron chi connectivity index (χ2n) is 11.8. The first-order chi connectivity index (χ1) is 18.9. The summed E-state index contributed by atoms with van der Waals surface area (Å²) in [5.74, 6) is 1.67. The normalized spacial score (nSPS) is 20.8. The summed E-state index contributed by atoms with van der Waals surface area (Å²) in [6, 6.07) is 10.5. The van der Waals surface area contributed by atoms with Crippen molar-refractivity contribution in [2.45, 2.75) is 64.1 Å². The monoisotopic (exact) mass is 527 g/mol. The van der Waals surface area contributed by atoms with E-state index in [0.717, 1.165) is 91.2 Å². The van der Waals surface area contributed by atoms with Crippen LogP contribution in [0.3, 0.4) is 0 Å². The number of hydrogen-bond acceptors (Lipinski definition) is 6. The molecule has 1 unspecified atom stereocenters. The van der Waals surface area contributed by atoms with Gasteiger partial charge < -0.3 is 25.2 Å². The molecule has 4 aromatic heterocycles. The number of nitrogens with zero attached hydrogens (tertiary/aromatic N) is 6. The third-order valence-corrected chi connectivity index (χ3v) is 8.77. The molecule has 0 aromatic carbocycles. The van der Waals surface area contributed by atoms with Crippen LogP contribution in [0.2, 0.25) is 0 Å². The Balaban J connectivity index is 1.27. The first kappa shape index (κ1) is 24.6. The summed E-state index contributed by atoms with van der Waals surface area (Å²) in [6.45, 7) is 6.05. The van der Waals surface area contributed by atoms with E-state index < -0.39 is 0 Å². The zero-order chi connectivity index (χ0) is 26.7. The van der Waals surface area contributed by atoms with Crippen LogP contribution in [-0.2, 0) is 6.54 Å². The first-order valence-electron chi connectivity index (χ1n) is 14.4. The molecule has 0 radical (unpaired) electrons. The number of piperidine rings is 2. The highest BCUT2D eigenvalue weighted by Gasteiger charge is 2.28. The van der Waals surface area contributed by atoms with Gasteiger partial charge in [0, 0.05) is 55.9 Å². The van der Waals surface area contributed by atoms with E-state index >= 15 is 0 Å². The SMILES string of the molecule is Cc1c(-c2cc3ccc(N4CCC(O)CC4)nc3n2CC2CC2)nn2cc(C(=O)N3CCCC(N)C3)ccc12. The topological polar surface area (TPSA) is 105 Å². The Morgan fingerprint density at radius 3 is 2.67 bits per heavy atom.